The van der Waals surface area contributed by atoms with Crippen molar-refractivity contribution in [1.82, 2.24) is 0 Å². The van der Waals surface area contributed by atoms with E-state index in [1.54, 1.807) is 18.3 Å². The lowest BCUT2D eigenvalue weighted by molar-refractivity contribution is 0.200. The van der Waals surface area contributed by atoms with Gasteiger partial charge in [0.05, 0.1) is 0 Å². The largest absolute Gasteiger partial charge is 0.384 e. The highest BCUT2D eigenvalue weighted by Crippen LogP contribution is 2.46. The maximum atomic E-state index is 5.22. The van der Waals surface area contributed by atoms with Gasteiger partial charge in [0.1, 0.15) is 0 Å². The van der Waals surface area contributed by atoms with Crippen molar-refractivity contribution in [3.8, 4) is 0 Å². The molecule has 0 saturated heterocycles. The summed E-state index contributed by atoms with van der Waals surface area (Å²) < 4.78 is 5.22. The lowest BCUT2D eigenvalue weighted by atomic mass is 9.88. The summed E-state index contributed by atoms with van der Waals surface area (Å²) in [5, 5.41) is 0. The molecule has 2 rings (SSSR count). The maximum absolute atomic E-state index is 5.22. The van der Waals surface area contributed by atoms with Gasteiger partial charge in [0, 0.05) is 13.7 Å². The molecule has 0 aromatic heterocycles. The lowest BCUT2D eigenvalue weighted by Crippen LogP contribution is -2.05. The Morgan fingerprint density at radius 3 is 2.47 bits per heavy atom. The predicted molar refractivity (Wildman–Crippen MR) is 72.9 cm³/mol. The fourth-order valence-corrected chi connectivity index (χ4v) is 2.76. The van der Waals surface area contributed by atoms with Gasteiger partial charge < -0.3 is 4.74 Å². The molecule has 0 radical (unpaired) electrons. The summed E-state index contributed by atoms with van der Waals surface area (Å²) in [6, 6.07) is 10.8. The van der Waals surface area contributed by atoms with Gasteiger partial charge in [-0.3, -0.25) is 0 Å². The number of benzene rings is 1. The van der Waals surface area contributed by atoms with Crippen LogP contribution in [0.5, 0.6) is 0 Å². The molecule has 0 atom stereocenters. The van der Waals surface area contributed by atoms with Crippen LogP contribution < -0.4 is 0 Å². The van der Waals surface area contributed by atoms with E-state index in [0.717, 1.165) is 13.0 Å². The maximum Gasteiger partial charge on any atom is 0.0499 e. The molecule has 0 N–H and O–H groups in total. The summed E-state index contributed by atoms with van der Waals surface area (Å²) in [5.74, 6) is 0. The van der Waals surface area contributed by atoms with Gasteiger partial charge in [-0.25, -0.2) is 0 Å². The van der Waals surface area contributed by atoms with Crippen LogP contribution in [0.25, 0.3) is 5.57 Å². The van der Waals surface area contributed by atoms with E-state index in [9.17, 15) is 0 Å². The molecule has 1 aromatic rings. The first kappa shape index (κ1) is 12.4. The SMILES string of the molecule is COCCC1=C(c2ccccc2)CC(C)(C)C1. The molecule has 1 heteroatoms. The Bertz CT molecular complexity index is 401. The number of allylic oxidation sites excluding steroid dienone is 1. The molecular formula is C16H22O. The van der Waals surface area contributed by atoms with Crippen LogP contribution in [-0.4, -0.2) is 13.7 Å². The number of hydrogen-bond acceptors (Lipinski definition) is 1. The van der Waals surface area contributed by atoms with Gasteiger partial charge >= 0.3 is 0 Å². The van der Waals surface area contributed by atoms with E-state index in [4.69, 9.17) is 4.74 Å². The van der Waals surface area contributed by atoms with Crippen molar-refractivity contribution in [1.29, 1.82) is 0 Å². The molecule has 92 valence electrons. The molecule has 0 unspecified atom stereocenters. The quantitative estimate of drug-likeness (QED) is 0.749. The third kappa shape index (κ3) is 2.98. The zero-order chi connectivity index (χ0) is 12.3. The molecule has 0 aliphatic heterocycles. The average molecular weight is 230 g/mol. The minimum atomic E-state index is 0.411. The Balaban J connectivity index is 2.26. The molecule has 1 aliphatic rings. The topological polar surface area (TPSA) is 9.23 Å². The second kappa shape index (κ2) is 5.05. The summed E-state index contributed by atoms with van der Waals surface area (Å²) in [7, 11) is 1.78. The lowest BCUT2D eigenvalue weighted by Gasteiger charge is -2.17. The van der Waals surface area contributed by atoms with Crippen LogP contribution >= 0.6 is 0 Å². The van der Waals surface area contributed by atoms with E-state index in [-0.39, 0.29) is 0 Å². The molecule has 0 fully saturated rings. The molecule has 1 nitrogen and oxygen atoms in total. The standard InChI is InChI=1S/C16H22O/c1-16(2)11-14(9-10-17-3)15(12-16)13-7-5-4-6-8-13/h4-8H,9-12H2,1-3H3. The van der Waals surface area contributed by atoms with Crippen molar-refractivity contribution in [2.24, 2.45) is 5.41 Å². The van der Waals surface area contributed by atoms with E-state index in [1.165, 1.54) is 18.4 Å². The highest BCUT2D eigenvalue weighted by Gasteiger charge is 2.30. The summed E-state index contributed by atoms with van der Waals surface area (Å²) in [6.07, 6.45) is 3.47. The molecule has 0 bridgehead atoms. The molecule has 17 heavy (non-hydrogen) atoms. The smallest absolute Gasteiger partial charge is 0.0499 e. The Hall–Kier alpha value is -1.08. The molecule has 1 aromatic carbocycles. The Morgan fingerprint density at radius 1 is 1.12 bits per heavy atom. The fraction of sp³-hybridized carbons (Fsp3) is 0.500. The van der Waals surface area contributed by atoms with E-state index in [1.807, 2.05) is 0 Å². The minimum Gasteiger partial charge on any atom is -0.384 e. The Kier molecular flexibility index (Phi) is 3.68. The first-order valence-electron chi connectivity index (χ1n) is 6.38. The van der Waals surface area contributed by atoms with Gasteiger partial charge in [-0.2, -0.15) is 0 Å². The van der Waals surface area contributed by atoms with Crippen molar-refractivity contribution < 1.29 is 4.74 Å². The summed E-state index contributed by atoms with van der Waals surface area (Å²) in [4.78, 5) is 0. The second-order valence-corrected chi connectivity index (χ2v) is 5.71. The van der Waals surface area contributed by atoms with Crippen LogP contribution in [-0.2, 0) is 4.74 Å². The Morgan fingerprint density at radius 2 is 1.82 bits per heavy atom. The minimum absolute atomic E-state index is 0.411. The molecule has 1 aliphatic carbocycles. The van der Waals surface area contributed by atoms with Crippen LogP contribution in [0.15, 0.2) is 35.9 Å². The third-order valence-corrected chi connectivity index (χ3v) is 3.50. The van der Waals surface area contributed by atoms with Crippen LogP contribution in [0.1, 0.15) is 38.7 Å². The zero-order valence-corrected chi connectivity index (χ0v) is 11.1. The van der Waals surface area contributed by atoms with E-state index < -0.39 is 0 Å². The predicted octanol–water partition coefficient (Wildman–Crippen LogP) is 4.30. The van der Waals surface area contributed by atoms with Gasteiger partial charge in [0.2, 0.25) is 0 Å². The van der Waals surface area contributed by atoms with Gasteiger partial charge in [-0.05, 0) is 35.8 Å². The van der Waals surface area contributed by atoms with Gasteiger partial charge in [-0.15, -0.1) is 0 Å². The number of methoxy groups -OCH3 is 1. The third-order valence-electron chi connectivity index (χ3n) is 3.50. The van der Waals surface area contributed by atoms with Crippen molar-refractivity contribution in [3.05, 3.63) is 41.5 Å². The summed E-state index contributed by atoms with van der Waals surface area (Å²) >= 11 is 0. The van der Waals surface area contributed by atoms with Gasteiger partial charge in [-0.1, -0.05) is 49.8 Å². The normalized spacial score (nSPS) is 18.8. The van der Waals surface area contributed by atoms with Crippen molar-refractivity contribution in [3.63, 3.8) is 0 Å². The van der Waals surface area contributed by atoms with Crippen LogP contribution in [0.2, 0.25) is 0 Å². The fourth-order valence-electron chi connectivity index (χ4n) is 2.76. The number of rotatable bonds is 4. The Labute approximate surface area is 104 Å². The first-order chi connectivity index (χ1) is 8.12. The van der Waals surface area contributed by atoms with Crippen LogP contribution in [0.3, 0.4) is 0 Å². The van der Waals surface area contributed by atoms with E-state index in [0.29, 0.717) is 5.41 Å². The van der Waals surface area contributed by atoms with E-state index in [2.05, 4.69) is 44.2 Å². The monoisotopic (exact) mass is 230 g/mol. The van der Waals surface area contributed by atoms with Gasteiger partial charge in [0.25, 0.3) is 0 Å². The molecule has 0 spiro atoms. The summed E-state index contributed by atoms with van der Waals surface area (Å²) in [6.45, 7) is 5.55. The van der Waals surface area contributed by atoms with E-state index >= 15 is 0 Å². The van der Waals surface area contributed by atoms with Crippen LogP contribution in [0, 0.1) is 5.41 Å². The van der Waals surface area contributed by atoms with Crippen molar-refractivity contribution in [2.75, 3.05) is 13.7 Å². The number of hydrogen-bond donors (Lipinski definition) is 0. The van der Waals surface area contributed by atoms with Crippen molar-refractivity contribution in [2.45, 2.75) is 33.1 Å². The number of ether oxygens (including phenoxy) is 1. The highest BCUT2D eigenvalue weighted by molar-refractivity contribution is 5.71. The second-order valence-electron chi connectivity index (χ2n) is 5.71. The highest BCUT2D eigenvalue weighted by atomic mass is 16.5. The molecule has 0 heterocycles. The molecule has 0 amide bonds. The van der Waals surface area contributed by atoms with Gasteiger partial charge in [0.15, 0.2) is 0 Å². The zero-order valence-electron chi connectivity index (χ0n) is 11.1. The molecule has 0 saturated carbocycles. The molecular weight excluding hydrogens is 208 g/mol. The van der Waals surface area contributed by atoms with Crippen LogP contribution in [0.4, 0.5) is 0 Å². The summed E-state index contributed by atoms with van der Waals surface area (Å²) in [5.41, 5.74) is 4.94. The first-order valence-corrected chi connectivity index (χ1v) is 6.38. The average Bonchev–Trinajstić information content (AvgIpc) is 2.63. The van der Waals surface area contributed by atoms with Crippen molar-refractivity contribution >= 4 is 5.57 Å².